The Morgan fingerprint density at radius 1 is 0.929 bits per heavy atom. The van der Waals surface area contributed by atoms with E-state index in [0.29, 0.717) is 19.0 Å². The van der Waals surface area contributed by atoms with Crippen LogP contribution >= 0.6 is 0 Å². The molecule has 2 aliphatic carbocycles. The third kappa shape index (κ3) is 1.31. The van der Waals surface area contributed by atoms with Gasteiger partial charge in [0.05, 0.1) is 12.2 Å². The molecule has 0 amide bonds. The van der Waals surface area contributed by atoms with Crippen LogP contribution in [0, 0.1) is 17.8 Å². The van der Waals surface area contributed by atoms with Crippen molar-refractivity contribution in [2.75, 3.05) is 6.79 Å². The van der Waals surface area contributed by atoms with Gasteiger partial charge in [-0.25, -0.2) is 0 Å². The average molecular weight is 196 g/mol. The molecule has 1 heterocycles. The summed E-state index contributed by atoms with van der Waals surface area (Å²) in [5.74, 6) is 2.64. The Hall–Kier alpha value is -0.0800. The number of fused-ring (bicyclic) bond motifs is 3. The normalized spacial score (nSPS) is 52.5. The van der Waals surface area contributed by atoms with E-state index in [1.807, 2.05) is 0 Å². The molecule has 3 aliphatic rings. The predicted molar refractivity (Wildman–Crippen MR) is 53.8 cm³/mol. The van der Waals surface area contributed by atoms with E-state index in [4.69, 9.17) is 9.47 Å². The number of hydrogen-bond donors (Lipinski definition) is 0. The lowest BCUT2D eigenvalue weighted by molar-refractivity contribution is -0.0276. The van der Waals surface area contributed by atoms with E-state index in [2.05, 4.69) is 6.92 Å². The zero-order chi connectivity index (χ0) is 9.54. The van der Waals surface area contributed by atoms with Gasteiger partial charge in [-0.1, -0.05) is 19.8 Å². The van der Waals surface area contributed by atoms with Crippen LogP contribution in [0.2, 0.25) is 0 Å². The van der Waals surface area contributed by atoms with Crippen LogP contribution < -0.4 is 0 Å². The molecule has 0 bridgehead atoms. The van der Waals surface area contributed by atoms with E-state index in [9.17, 15) is 0 Å². The highest BCUT2D eigenvalue weighted by molar-refractivity contribution is 4.94. The lowest BCUT2D eigenvalue weighted by atomic mass is 9.64. The van der Waals surface area contributed by atoms with Crippen molar-refractivity contribution in [2.45, 2.75) is 51.2 Å². The van der Waals surface area contributed by atoms with Gasteiger partial charge in [0, 0.05) is 0 Å². The number of hydrogen-bond acceptors (Lipinski definition) is 2. The maximum Gasteiger partial charge on any atom is 0.147 e. The predicted octanol–water partition coefficient (Wildman–Crippen LogP) is 2.57. The van der Waals surface area contributed by atoms with Crippen LogP contribution in [0.3, 0.4) is 0 Å². The Balaban J connectivity index is 1.79. The fourth-order valence-corrected chi connectivity index (χ4v) is 3.84. The molecule has 3 rings (SSSR count). The fourth-order valence-electron chi connectivity index (χ4n) is 3.84. The standard InChI is InChI=1S/C12H20O2/c1-8-3-2-4-10-9(8)5-6-11-12(10)14-7-13-11/h8-12H,2-7H2,1H3. The summed E-state index contributed by atoms with van der Waals surface area (Å²) >= 11 is 0. The largest absolute Gasteiger partial charge is 0.349 e. The van der Waals surface area contributed by atoms with Crippen molar-refractivity contribution in [1.82, 2.24) is 0 Å². The maximum absolute atomic E-state index is 5.75. The summed E-state index contributed by atoms with van der Waals surface area (Å²) < 4.78 is 11.4. The molecule has 0 spiro atoms. The van der Waals surface area contributed by atoms with Crippen LogP contribution in [0.4, 0.5) is 0 Å². The molecule has 2 saturated carbocycles. The zero-order valence-electron chi connectivity index (χ0n) is 8.95. The zero-order valence-corrected chi connectivity index (χ0v) is 8.95. The first-order valence-electron chi connectivity index (χ1n) is 6.09. The second kappa shape index (κ2) is 3.49. The van der Waals surface area contributed by atoms with Crippen LogP contribution in [0.15, 0.2) is 0 Å². The molecule has 0 radical (unpaired) electrons. The van der Waals surface area contributed by atoms with Crippen molar-refractivity contribution < 1.29 is 9.47 Å². The smallest absolute Gasteiger partial charge is 0.147 e. The van der Waals surface area contributed by atoms with Crippen molar-refractivity contribution >= 4 is 0 Å². The van der Waals surface area contributed by atoms with E-state index < -0.39 is 0 Å². The molecule has 0 aromatic heterocycles. The second-order valence-electron chi connectivity index (χ2n) is 5.27. The Morgan fingerprint density at radius 3 is 2.79 bits per heavy atom. The number of rotatable bonds is 0. The minimum absolute atomic E-state index is 0.432. The van der Waals surface area contributed by atoms with Gasteiger partial charge in [0.1, 0.15) is 6.79 Å². The van der Waals surface area contributed by atoms with E-state index in [0.717, 1.165) is 17.8 Å². The van der Waals surface area contributed by atoms with E-state index in [1.165, 1.54) is 32.1 Å². The number of ether oxygens (including phenoxy) is 2. The van der Waals surface area contributed by atoms with E-state index >= 15 is 0 Å². The van der Waals surface area contributed by atoms with Gasteiger partial charge in [-0.15, -0.1) is 0 Å². The minimum Gasteiger partial charge on any atom is -0.349 e. The van der Waals surface area contributed by atoms with Crippen LogP contribution in [0.25, 0.3) is 0 Å². The van der Waals surface area contributed by atoms with Crippen LogP contribution in [0.5, 0.6) is 0 Å². The van der Waals surface area contributed by atoms with Crippen LogP contribution in [-0.4, -0.2) is 19.0 Å². The third-order valence-corrected chi connectivity index (χ3v) is 4.59. The highest BCUT2D eigenvalue weighted by atomic mass is 16.7. The van der Waals surface area contributed by atoms with Crippen LogP contribution in [-0.2, 0) is 9.47 Å². The molecule has 14 heavy (non-hydrogen) atoms. The summed E-state index contributed by atoms with van der Waals surface area (Å²) in [6.45, 7) is 2.97. The summed E-state index contributed by atoms with van der Waals surface area (Å²) in [5.41, 5.74) is 0. The van der Waals surface area contributed by atoms with Gasteiger partial charge >= 0.3 is 0 Å². The van der Waals surface area contributed by atoms with Gasteiger partial charge in [0.2, 0.25) is 0 Å². The first-order valence-corrected chi connectivity index (χ1v) is 6.09. The first-order chi connectivity index (χ1) is 6.86. The topological polar surface area (TPSA) is 18.5 Å². The molecule has 0 aromatic rings. The molecule has 0 aromatic carbocycles. The molecule has 3 fully saturated rings. The molecule has 0 N–H and O–H groups in total. The summed E-state index contributed by atoms with van der Waals surface area (Å²) in [7, 11) is 0. The van der Waals surface area contributed by atoms with Crippen molar-refractivity contribution in [2.24, 2.45) is 17.8 Å². The summed E-state index contributed by atoms with van der Waals surface area (Å²) in [4.78, 5) is 0. The lowest BCUT2D eigenvalue weighted by Crippen LogP contribution is -2.44. The molecule has 1 saturated heterocycles. The molecule has 2 nitrogen and oxygen atoms in total. The lowest BCUT2D eigenvalue weighted by Gasteiger charge is -2.44. The fraction of sp³-hybridized carbons (Fsp3) is 1.00. The highest BCUT2D eigenvalue weighted by Gasteiger charge is 2.46. The Morgan fingerprint density at radius 2 is 1.86 bits per heavy atom. The first kappa shape index (κ1) is 9.17. The average Bonchev–Trinajstić information content (AvgIpc) is 2.66. The molecule has 1 aliphatic heterocycles. The summed E-state index contributed by atoms with van der Waals surface area (Å²) in [6, 6.07) is 0. The van der Waals surface area contributed by atoms with Crippen molar-refractivity contribution in [3.63, 3.8) is 0 Å². The molecular weight excluding hydrogens is 176 g/mol. The van der Waals surface area contributed by atoms with Crippen molar-refractivity contribution in [1.29, 1.82) is 0 Å². The van der Waals surface area contributed by atoms with Gasteiger partial charge in [0.25, 0.3) is 0 Å². The Labute approximate surface area is 86.0 Å². The SMILES string of the molecule is CC1CCCC2C1CCC1OCOC12. The quantitative estimate of drug-likeness (QED) is 0.593. The monoisotopic (exact) mass is 196 g/mol. The highest BCUT2D eigenvalue weighted by Crippen LogP contribution is 2.46. The Bertz CT molecular complexity index is 214. The van der Waals surface area contributed by atoms with E-state index in [-0.39, 0.29) is 0 Å². The molecule has 80 valence electrons. The summed E-state index contributed by atoms with van der Waals surface area (Å²) in [5, 5.41) is 0. The van der Waals surface area contributed by atoms with E-state index in [1.54, 1.807) is 0 Å². The second-order valence-corrected chi connectivity index (χ2v) is 5.27. The molecular formula is C12H20O2. The van der Waals surface area contributed by atoms with Gasteiger partial charge in [-0.3, -0.25) is 0 Å². The van der Waals surface area contributed by atoms with Gasteiger partial charge in [0.15, 0.2) is 0 Å². The molecule has 5 unspecified atom stereocenters. The van der Waals surface area contributed by atoms with Crippen LogP contribution in [0.1, 0.15) is 39.0 Å². The van der Waals surface area contributed by atoms with Crippen molar-refractivity contribution in [3.8, 4) is 0 Å². The molecule has 5 atom stereocenters. The van der Waals surface area contributed by atoms with Gasteiger partial charge in [-0.05, 0) is 37.0 Å². The van der Waals surface area contributed by atoms with Gasteiger partial charge < -0.3 is 9.47 Å². The summed E-state index contributed by atoms with van der Waals surface area (Å²) in [6.07, 6.45) is 7.68. The maximum atomic E-state index is 5.75. The van der Waals surface area contributed by atoms with Gasteiger partial charge in [-0.2, -0.15) is 0 Å². The third-order valence-electron chi connectivity index (χ3n) is 4.59. The van der Waals surface area contributed by atoms with Crippen molar-refractivity contribution in [3.05, 3.63) is 0 Å². The Kier molecular flexibility index (Phi) is 2.29. The minimum atomic E-state index is 0.432. The molecule has 2 heteroatoms.